The molecule has 2 fully saturated rings. The maximum atomic E-state index is 15.6. The van der Waals surface area contributed by atoms with Crippen molar-refractivity contribution in [3.63, 3.8) is 0 Å². The van der Waals surface area contributed by atoms with E-state index in [4.69, 9.17) is 4.74 Å². The average molecular weight is 571 g/mol. The highest BCUT2D eigenvalue weighted by molar-refractivity contribution is 6.72. The first kappa shape index (κ1) is 28.3. The number of hydrogen-bond donors (Lipinski definition) is 3. The van der Waals surface area contributed by atoms with E-state index in [9.17, 15) is 24.8 Å². The fourth-order valence-electron chi connectivity index (χ4n) is 6.72. The molecule has 0 aliphatic carbocycles. The zero-order valence-corrected chi connectivity index (χ0v) is 23.9. The second-order valence-electron chi connectivity index (χ2n) is 11.5. The van der Waals surface area contributed by atoms with Gasteiger partial charge < -0.3 is 29.5 Å². The van der Waals surface area contributed by atoms with Crippen LogP contribution in [-0.2, 0) is 26.5 Å². The summed E-state index contributed by atoms with van der Waals surface area (Å²) in [7, 11) is -3.37. The molecule has 5 atom stereocenters. The molecule has 3 N–H and O–H groups in total. The third-order valence-corrected chi connectivity index (χ3v) is 11.0. The maximum Gasteiger partial charge on any atom is 0.269 e. The lowest BCUT2D eigenvalue weighted by molar-refractivity contribution is -0.385. The average Bonchev–Trinajstić information content (AvgIpc) is 3.59. The van der Waals surface area contributed by atoms with E-state index in [0.29, 0.717) is 16.9 Å². The predicted molar refractivity (Wildman–Crippen MR) is 150 cm³/mol. The van der Waals surface area contributed by atoms with Crippen LogP contribution >= 0.6 is 0 Å². The number of halogens is 1. The van der Waals surface area contributed by atoms with Gasteiger partial charge in [0, 0.05) is 41.4 Å². The van der Waals surface area contributed by atoms with Crippen molar-refractivity contribution in [2.75, 3.05) is 23.4 Å². The van der Waals surface area contributed by atoms with Crippen molar-refractivity contribution in [2.24, 2.45) is 5.92 Å². The molecule has 214 valence electrons. The molecule has 2 aromatic rings. The second-order valence-corrected chi connectivity index (χ2v) is 15.3. The summed E-state index contributed by atoms with van der Waals surface area (Å²) in [5.74, 6) is -1.09. The number of carbonyl (C=O) groups is 2. The zero-order valence-electron chi connectivity index (χ0n) is 22.9. The van der Waals surface area contributed by atoms with Gasteiger partial charge in [0.15, 0.2) is 5.60 Å². The van der Waals surface area contributed by atoms with Gasteiger partial charge in [0.25, 0.3) is 11.6 Å². The first-order valence-electron chi connectivity index (χ1n) is 13.7. The lowest BCUT2D eigenvalue weighted by Crippen LogP contribution is -2.45. The molecule has 0 radical (unpaired) electrons. The number of amides is 2. The van der Waals surface area contributed by atoms with Crippen LogP contribution in [0.3, 0.4) is 0 Å². The molecule has 2 aromatic carbocycles. The van der Waals surface area contributed by atoms with E-state index in [1.165, 1.54) is 17.0 Å². The van der Waals surface area contributed by atoms with Crippen molar-refractivity contribution in [3.05, 3.63) is 63.7 Å². The van der Waals surface area contributed by atoms with Gasteiger partial charge in [-0.15, -0.1) is 0 Å². The quantitative estimate of drug-likeness (QED) is 0.189. The van der Waals surface area contributed by atoms with Gasteiger partial charge in [0.1, 0.15) is 0 Å². The summed E-state index contributed by atoms with van der Waals surface area (Å²) < 4.78 is 22.1. The number of nitrogens with one attached hydrogen (secondary N) is 2. The number of fused-ring (bicyclic) bond motifs is 2. The van der Waals surface area contributed by atoms with E-state index >= 15 is 4.11 Å². The first-order valence-corrected chi connectivity index (χ1v) is 16.6. The number of hydrogen-bond acceptors (Lipinski definition) is 7. The van der Waals surface area contributed by atoms with Gasteiger partial charge in [-0.1, -0.05) is 19.1 Å². The normalized spacial score (nSPS) is 27.8. The molecule has 2 amide bonds. The summed E-state index contributed by atoms with van der Waals surface area (Å²) >= 11 is 0. The molecule has 0 saturated carbocycles. The number of aliphatic hydroxyl groups excluding tert-OH is 1. The Morgan fingerprint density at radius 2 is 2.02 bits per heavy atom. The van der Waals surface area contributed by atoms with Crippen LogP contribution in [-0.4, -0.2) is 55.5 Å². The van der Waals surface area contributed by atoms with E-state index in [-0.39, 0.29) is 37.2 Å². The minimum atomic E-state index is -3.37. The summed E-state index contributed by atoms with van der Waals surface area (Å²) in [5.41, 5.74) is -0.108. The van der Waals surface area contributed by atoms with Crippen molar-refractivity contribution >= 4 is 37.3 Å². The number of non-ortho nitro benzene ring substituents is 1. The third kappa shape index (κ3) is 4.82. The van der Waals surface area contributed by atoms with Gasteiger partial charge >= 0.3 is 0 Å². The predicted octanol–water partition coefficient (Wildman–Crippen LogP) is 3.99. The molecule has 3 heterocycles. The number of rotatable bonds is 8. The molecule has 2 saturated heterocycles. The fourth-order valence-corrected chi connectivity index (χ4v) is 9.26. The number of nitro groups is 1. The summed E-state index contributed by atoms with van der Waals surface area (Å²) in [6.07, 6.45) is 1.23. The molecule has 0 unspecified atom stereocenters. The third-order valence-electron chi connectivity index (χ3n) is 8.51. The Labute approximate surface area is 233 Å². The van der Waals surface area contributed by atoms with Crippen LogP contribution in [0.2, 0.25) is 18.6 Å². The molecule has 40 heavy (non-hydrogen) atoms. The van der Waals surface area contributed by atoms with Crippen molar-refractivity contribution < 1.29 is 28.5 Å². The van der Waals surface area contributed by atoms with Gasteiger partial charge in [-0.05, 0) is 62.7 Å². The SMILES string of the molecule is C[C@@H]1[C@@H]([Si](C)(C)F)[C@H](CCO)O[C@@]12C(=O)N(Cc1ccc(NC(=O)[C@H]3CCCN3)cc1)c1ccc([N+](=O)[O-])cc12. The Bertz CT molecular complexity index is 1310. The number of benzene rings is 2. The van der Waals surface area contributed by atoms with E-state index in [1.807, 2.05) is 12.1 Å². The number of ether oxygens (including phenoxy) is 1. The number of anilines is 2. The molecule has 12 heteroatoms. The topological polar surface area (TPSA) is 134 Å². The highest BCUT2D eigenvalue weighted by atomic mass is 28.4. The Morgan fingerprint density at radius 1 is 1.30 bits per heavy atom. The maximum absolute atomic E-state index is 15.6. The lowest BCUT2D eigenvalue weighted by atomic mass is 9.82. The molecule has 3 aliphatic heterocycles. The van der Waals surface area contributed by atoms with Crippen molar-refractivity contribution in [1.29, 1.82) is 0 Å². The van der Waals surface area contributed by atoms with Crippen LogP contribution in [0.5, 0.6) is 0 Å². The zero-order chi connectivity index (χ0) is 28.8. The molecule has 0 bridgehead atoms. The Kier molecular flexibility index (Phi) is 7.55. The Morgan fingerprint density at radius 3 is 2.62 bits per heavy atom. The molecular weight excluding hydrogens is 535 g/mol. The number of nitrogens with zero attached hydrogens (tertiary/aromatic N) is 2. The smallest absolute Gasteiger partial charge is 0.269 e. The van der Waals surface area contributed by atoms with Gasteiger partial charge in [-0.25, -0.2) is 0 Å². The van der Waals surface area contributed by atoms with Crippen LogP contribution < -0.4 is 15.5 Å². The van der Waals surface area contributed by atoms with Crippen LogP contribution in [0, 0.1) is 16.0 Å². The number of nitro benzene ring substituents is 1. The van der Waals surface area contributed by atoms with Crippen LogP contribution in [0.25, 0.3) is 0 Å². The lowest BCUT2D eigenvalue weighted by Gasteiger charge is -2.31. The highest BCUT2D eigenvalue weighted by Crippen LogP contribution is 2.60. The summed E-state index contributed by atoms with van der Waals surface area (Å²) in [5, 5.41) is 27.4. The summed E-state index contributed by atoms with van der Waals surface area (Å²) in [6, 6.07) is 11.2. The Hall–Kier alpha value is -3.19. The largest absolute Gasteiger partial charge is 0.396 e. The van der Waals surface area contributed by atoms with Crippen molar-refractivity contribution in [1.82, 2.24) is 5.32 Å². The molecule has 5 rings (SSSR count). The van der Waals surface area contributed by atoms with E-state index in [0.717, 1.165) is 24.9 Å². The minimum absolute atomic E-state index is 0.0869. The first-order chi connectivity index (χ1) is 19.0. The summed E-state index contributed by atoms with van der Waals surface area (Å²) in [6.45, 7) is 5.66. The summed E-state index contributed by atoms with van der Waals surface area (Å²) in [4.78, 5) is 39.4. The highest BCUT2D eigenvalue weighted by Gasteiger charge is 2.66. The van der Waals surface area contributed by atoms with Gasteiger partial charge in [0.05, 0.1) is 29.3 Å². The minimum Gasteiger partial charge on any atom is -0.396 e. The molecule has 1 spiro atoms. The van der Waals surface area contributed by atoms with Gasteiger partial charge in [-0.3, -0.25) is 19.7 Å². The van der Waals surface area contributed by atoms with Gasteiger partial charge in [-0.2, -0.15) is 0 Å². The van der Waals surface area contributed by atoms with Crippen LogP contribution in [0.1, 0.15) is 37.3 Å². The van der Waals surface area contributed by atoms with E-state index in [1.54, 1.807) is 38.2 Å². The van der Waals surface area contributed by atoms with E-state index in [2.05, 4.69) is 10.6 Å². The molecular formula is C28H35FN4O6Si. The van der Waals surface area contributed by atoms with Crippen molar-refractivity contribution in [2.45, 2.75) is 69.1 Å². The van der Waals surface area contributed by atoms with Crippen LogP contribution in [0.15, 0.2) is 42.5 Å². The molecule has 0 aromatic heterocycles. The van der Waals surface area contributed by atoms with E-state index < -0.39 is 42.4 Å². The number of carbonyl (C=O) groups excluding carboxylic acids is 2. The number of aliphatic hydroxyl groups is 1. The molecule has 3 aliphatic rings. The van der Waals surface area contributed by atoms with Crippen LogP contribution in [0.4, 0.5) is 21.2 Å². The molecule has 10 nitrogen and oxygen atoms in total. The Balaban J connectivity index is 1.47. The van der Waals surface area contributed by atoms with Gasteiger partial charge in [0.2, 0.25) is 14.3 Å². The monoisotopic (exact) mass is 570 g/mol. The fraction of sp³-hybridized carbons (Fsp3) is 0.500. The standard InChI is InChI=1S/C28H35FN4O6Si/c1-17-25(40(2,3)29)24(12-14-34)39-28(17)21-15-20(33(37)38)10-11-23(21)32(27(28)36)16-18-6-8-19(9-7-18)31-26(35)22-5-4-13-30-22/h6-11,15,17,22,24-25,30,34H,4-5,12-14,16H2,1-3H3,(H,31,35)/t17-,22-,24+,25-,28+/m1/s1. The second kappa shape index (κ2) is 10.7. The van der Waals surface area contributed by atoms with Crippen molar-refractivity contribution in [3.8, 4) is 0 Å².